The highest BCUT2D eigenvalue weighted by molar-refractivity contribution is 7.80. The largest absolute Gasteiger partial charge is 0.349 e. The van der Waals surface area contributed by atoms with E-state index < -0.39 is 0 Å². The Morgan fingerprint density at radius 1 is 1.16 bits per heavy atom. The van der Waals surface area contributed by atoms with Crippen LogP contribution in [-0.4, -0.2) is 35.0 Å². The summed E-state index contributed by atoms with van der Waals surface area (Å²) in [5.74, 6) is -0.0163. The number of aromatic amines is 1. The van der Waals surface area contributed by atoms with Crippen LogP contribution in [0.25, 0.3) is 33.1 Å². The third-order valence-corrected chi connectivity index (χ3v) is 6.48. The van der Waals surface area contributed by atoms with Crippen LogP contribution in [0.4, 0.5) is 0 Å². The molecule has 1 aliphatic heterocycles. The standard InChI is InChI=1S/C25H26N4OS/c1-14-10-21-22-20(16-4-3-5-18(31)11-16)12-19(15(2)23(22)29-24(21)27-13-14)25(30)28-17-6-8-26-9-7-17/h3-5,10-13,17,26,31H,6-9H2,1-2H3,(H,27,29)(H,28,30). The molecule has 3 heterocycles. The topological polar surface area (TPSA) is 69.8 Å². The van der Waals surface area contributed by atoms with Crippen molar-refractivity contribution in [2.24, 2.45) is 0 Å². The van der Waals surface area contributed by atoms with Gasteiger partial charge in [-0.2, -0.15) is 0 Å². The van der Waals surface area contributed by atoms with Crippen molar-refractivity contribution in [2.75, 3.05) is 13.1 Å². The number of pyridine rings is 1. The first kappa shape index (κ1) is 20.1. The Morgan fingerprint density at radius 2 is 1.97 bits per heavy atom. The van der Waals surface area contributed by atoms with Gasteiger partial charge in [0.2, 0.25) is 0 Å². The van der Waals surface area contributed by atoms with Crippen LogP contribution >= 0.6 is 12.6 Å². The van der Waals surface area contributed by atoms with Crippen LogP contribution in [0.1, 0.15) is 34.3 Å². The number of nitrogens with one attached hydrogen (secondary N) is 3. The average molecular weight is 431 g/mol. The molecule has 0 atom stereocenters. The van der Waals surface area contributed by atoms with Gasteiger partial charge < -0.3 is 15.6 Å². The third kappa shape index (κ3) is 3.70. The fourth-order valence-electron chi connectivity index (χ4n) is 4.56. The number of carbonyl (C=O) groups excluding carboxylic acids is 1. The molecule has 0 aliphatic carbocycles. The van der Waals surface area contributed by atoms with E-state index in [2.05, 4.69) is 45.4 Å². The minimum atomic E-state index is -0.0163. The molecule has 3 N–H and O–H groups in total. The van der Waals surface area contributed by atoms with Gasteiger partial charge in [-0.15, -0.1) is 12.6 Å². The van der Waals surface area contributed by atoms with Gasteiger partial charge in [0.1, 0.15) is 5.65 Å². The van der Waals surface area contributed by atoms with Crippen LogP contribution < -0.4 is 10.6 Å². The molecule has 158 valence electrons. The molecule has 0 unspecified atom stereocenters. The van der Waals surface area contributed by atoms with E-state index in [1.807, 2.05) is 44.3 Å². The first-order chi connectivity index (χ1) is 15.0. The molecule has 6 heteroatoms. The molecule has 1 fully saturated rings. The van der Waals surface area contributed by atoms with Gasteiger partial charge in [0.15, 0.2) is 0 Å². The van der Waals surface area contributed by atoms with E-state index in [4.69, 9.17) is 0 Å². The Morgan fingerprint density at radius 3 is 2.74 bits per heavy atom. The van der Waals surface area contributed by atoms with Gasteiger partial charge in [0.25, 0.3) is 5.91 Å². The molecule has 2 aromatic heterocycles. The van der Waals surface area contributed by atoms with Crippen molar-refractivity contribution in [2.45, 2.75) is 37.6 Å². The van der Waals surface area contributed by atoms with Crippen LogP contribution in [0.2, 0.25) is 0 Å². The van der Waals surface area contributed by atoms with Gasteiger partial charge in [-0.3, -0.25) is 4.79 Å². The Bertz CT molecular complexity index is 1300. The monoisotopic (exact) mass is 430 g/mol. The molecule has 0 radical (unpaired) electrons. The molecule has 4 aromatic rings. The predicted octanol–water partition coefficient (Wildman–Crippen LogP) is 4.77. The van der Waals surface area contributed by atoms with Gasteiger partial charge in [0, 0.05) is 33.5 Å². The molecule has 1 amide bonds. The highest BCUT2D eigenvalue weighted by Crippen LogP contribution is 2.38. The Hall–Kier alpha value is -2.83. The molecule has 31 heavy (non-hydrogen) atoms. The zero-order valence-electron chi connectivity index (χ0n) is 17.7. The second kappa shape index (κ2) is 8.02. The maximum absolute atomic E-state index is 13.3. The normalized spacial score (nSPS) is 14.9. The van der Waals surface area contributed by atoms with E-state index >= 15 is 0 Å². The van der Waals surface area contributed by atoms with Crippen molar-refractivity contribution in [3.8, 4) is 11.1 Å². The summed E-state index contributed by atoms with van der Waals surface area (Å²) < 4.78 is 0. The van der Waals surface area contributed by atoms with Crippen LogP contribution in [0.5, 0.6) is 0 Å². The lowest BCUT2D eigenvalue weighted by Gasteiger charge is -2.24. The predicted molar refractivity (Wildman–Crippen MR) is 129 cm³/mol. The van der Waals surface area contributed by atoms with Gasteiger partial charge in [-0.25, -0.2) is 4.98 Å². The number of H-pyrrole nitrogens is 1. The molecule has 0 saturated carbocycles. The van der Waals surface area contributed by atoms with E-state index in [-0.39, 0.29) is 11.9 Å². The summed E-state index contributed by atoms with van der Waals surface area (Å²) in [5, 5.41) is 8.77. The number of thiol groups is 1. The van der Waals surface area contributed by atoms with Crippen molar-refractivity contribution in [1.82, 2.24) is 20.6 Å². The second-order valence-electron chi connectivity index (χ2n) is 8.43. The number of aromatic nitrogens is 2. The number of hydrogen-bond donors (Lipinski definition) is 4. The highest BCUT2D eigenvalue weighted by Gasteiger charge is 2.22. The maximum atomic E-state index is 13.3. The number of rotatable bonds is 3. The molecule has 5 rings (SSSR count). The molecule has 1 saturated heterocycles. The SMILES string of the molecule is Cc1cnc2[nH]c3c(C)c(C(=O)NC4CCNCC4)cc(-c4cccc(S)c4)c3c2c1. The summed E-state index contributed by atoms with van der Waals surface area (Å²) >= 11 is 4.54. The van der Waals surface area contributed by atoms with Crippen molar-refractivity contribution in [1.29, 1.82) is 0 Å². The quantitative estimate of drug-likeness (QED) is 0.354. The van der Waals surface area contributed by atoms with Crippen LogP contribution in [0, 0.1) is 13.8 Å². The Labute approximate surface area is 187 Å². The lowest BCUT2D eigenvalue weighted by atomic mass is 9.93. The molecular weight excluding hydrogens is 404 g/mol. The van der Waals surface area contributed by atoms with E-state index in [1.165, 1.54) is 0 Å². The fourth-order valence-corrected chi connectivity index (χ4v) is 4.79. The van der Waals surface area contributed by atoms with E-state index in [0.717, 1.165) is 75.0 Å². The van der Waals surface area contributed by atoms with Crippen molar-refractivity contribution >= 4 is 40.5 Å². The maximum Gasteiger partial charge on any atom is 0.251 e. The lowest BCUT2D eigenvalue weighted by Crippen LogP contribution is -2.42. The van der Waals surface area contributed by atoms with Gasteiger partial charge in [-0.1, -0.05) is 12.1 Å². The zero-order chi connectivity index (χ0) is 21.5. The summed E-state index contributed by atoms with van der Waals surface area (Å²) in [6.07, 6.45) is 3.78. The van der Waals surface area contributed by atoms with E-state index in [0.29, 0.717) is 5.56 Å². The number of aryl methyl sites for hydroxylation is 2. The molecule has 0 bridgehead atoms. The number of hydrogen-bond acceptors (Lipinski definition) is 4. The van der Waals surface area contributed by atoms with Crippen molar-refractivity contribution in [3.05, 3.63) is 59.3 Å². The third-order valence-electron chi connectivity index (χ3n) is 6.20. The number of piperidine rings is 1. The minimum Gasteiger partial charge on any atom is -0.349 e. The fraction of sp³-hybridized carbons (Fsp3) is 0.280. The first-order valence-corrected chi connectivity index (χ1v) is 11.2. The zero-order valence-corrected chi connectivity index (χ0v) is 18.6. The number of carbonyl (C=O) groups is 1. The first-order valence-electron chi connectivity index (χ1n) is 10.7. The molecular formula is C25H26N4OS. The summed E-state index contributed by atoms with van der Waals surface area (Å²) in [6, 6.07) is 12.5. The number of amides is 1. The minimum absolute atomic E-state index is 0.0163. The summed E-state index contributed by atoms with van der Waals surface area (Å²) in [5.41, 5.74) is 6.61. The average Bonchev–Trinajstić information content (AvgIpc) is 3.14. The Kier molecular flexibility index (Phi) is 5.20. The molecule has 5 nitrogen and oxygen atoms in total. The van der Waals surface area contributed by atoms with E-state index in [9.17, 15) is 4.79 Å². The lowest BCUT2D eigenvalue weighted by molar-refractivity contribution is 0.0929. The Balaban J connectivity index is 1.73. The summed E-state index contributed by atoms with van der Waals surface area (Å²) in [6.45, 7) is 5.94. The van der Waals surface area contributed by atoms with Crippen LogP contribution in [0.3, 0.4) is 0 Å². The number of nitrogens with zero attached hydrogens (tertiary/aromatic N) is 1. The van der Waals surface area contributed by atoms with Gasteiger partial charge in [0.05, 0.1) is 5.52 Å². The van der Waals surface area contributed by atoms with Crippen molar-refractivity contribution < 1.29 is 4.79 Å². The molecule has 0 spiro atoms. The van der Waals surface area contributed by atoms with Crippen LogP contribution in [-0.2, 0) is 0 Å². The molecule has 2 aromatic carbocycles. The summed E-state index contributed by atoms with van der Waals surface area (Å²) in [4.78, 5) is 22.3. The van der Waals surface area contributed by atoms with Crippen molar-refractivity contribution in [3.63, 3.8) is 0 Å². The van der Waals surface area contributed by atoms with E-state index in [1.54, 1.807) is 0 Å². The second-order valence-corrected chi connectivity index (χ2v) is 8.94. The smallest absolute Gasteiger partial charge is 0.251 e. The van der Waals surface area contributed by atoms with Gasteiger partial charge in [-0.05, 0) is 86.3 Å². The highest BCUT2D eigenvalue weighted by atomic mass is 32.1. The summed E-state index contributed by atoms with van der Waals surface area (Å²) in [7, 11) is 0. The van der Waals surface area contributed by atoms with Crippen LogP contribution in [0.15, 0.2) is 47.5 Å². The molecule has 1 aliphatic rings. The van der Waals surface area contributed by atoms with Gasteiger partial charge >= 0.3 is 0 Å². The number of benzene rings is 2. The number of fused-ring (bicyclic) bond motifs is 3.